The van der Waals surface area contributed by atoms with Gasteiger partial charge in [0.05, 0.1) is 18.9 Å². The Morgan fingerprint density at radius 2 is 1.14 bits per heavy atom. The summed E-state index contributed by atoms with van der Waals surface area (Å²) in [6.07, 6.45) is -2.27. The van der Waals surface area contributed by atoms with Crippen LogP contribution in [-0.2, 0) is 0 Å². The molecule has 0 aromatic rings. The first-order valence-corrected chi connectivity index (χ1v) is 4.48. The van der Waals surface area contributed by atoms with Crippen molar-refractivity contribution in [2.24, 2.45) is 0 Å². The zero-order valence-corrected chi connectivity index (χ0v) is 4.99. The van der Waals surface area contributed by atoms with E-state index in [4.69, 9.17) is 0 Å². The normalized spacial score (nSPS) is 10.3. The van der Waals surface area contributed by atoms with Crippen LogP contribution in [0.1, 0.15) is 0 Å². The first-order chi connectivity index (χ1) is 3.35. The van der Waals surface area contributed by atoms with Gasteiger partial charge in [0.15, 0.2) is 0 Å². The number of alkyl halides is 3. The van der Waals surface area contributed by atoms with Crippen molar-refractivity contribution in [3.8, 4) is 0 Å². The smallest absolute Gasteiger partial charge is 0.146 e. The summed E-state index contributed by atoms with van der Waals surface area (Å²) in [5, 5.41) is 0. The SMILES string of the molecule is FC[SiH](CF)CF. The molecule has 0 aliphatic carbocycles. The molecular formula is C3H7F3Si. The van der Waals surface area contributed by atoms with Crippen molar-refractivity contribution in [1.29, 1.82) is 0 Å². The Bertz CT molecular complexity index is 31.7. The fraction of sp³-hybridized carbons (Fsp3) is 1.00. The van der Waals surface area contributed by atoms with Crippen molar-refractivity contribution >= 4 is 8.80 Å². The average molecular weight is 128 g/mol. The van der Waals surface area contributed by atoms with Gasteiger partial charge >= 0.3 is 0 Å². The summed E-state index contributed by atoms with van der Waals surface area (Å²) in [5.41, 5.74) is 0. The van der Waals surface area contributed by atoms with Gasteiger partial charge in [-0.3, -0.25) is 13.2 Å². The van der Waals surface area contributed by atoms with Crippen LogP contribution in [-0.4, -0.2) is 27.7 Å². The molecule has 0 aliphatic rings. The van der Waals surface area contributed by atoms with E-state index >= 15 is 0 Å². The topological polar surface area (TPSA) is 0 Å². The van der Waals surface area contributed by atoms with Gasteiger partial charge in [-0.25, -0.2) is 0 Å². The van der Waals surface area contributed by atoms with Crippen molar-refractivity contribution in [2.45, 2.75) is 0 Å². The molecule has 0 aromatic carbocycles. The molecule has 0 unspecified atom stereocenters. The molecule has 0 nitrogen and oxygen atoms in total. The van der Waals surface area contributed by atoms with Crippen LogP contribution in [0.15, 0.2) is 0 Å². The predicted molar refractivity (Wildman–Crippen MR) is 25.1 cm³/mol. The Hall–Kier alpha value is 0.00688. The van der Waals surface area contributed by atoms with Gasteiger partial charge in [-0.2, -0.15) is 0 Å². The van der Waals surface area contributed by atoms with E-state index in [0.717, 1.165) is 0 Å². The van der Waals surface area contributed by atoms with Crippen molar-refractivity contribution in [3.05, 3.63) is 0 Å². The van der Waals surface area contributed by atoms with Gasteiger partial charge in [-0.1, -0.05) is 0 Å². The molecule has 0 saturated heterocycles. The van der Waals surface area contributed by atoms with Gasteiger partial charge < -0.3 is 0 Å². The maximum atomic E-state index is 11.2. The Morgan fingerprint density at radius 3 is 1.14 bits per heavy atom. The molecule has 0 fully saturated rings. The van der Waals surface area contributed by atoms with Gasteiger partial charge in [0, 0.05) is 0 Å². The molecular weight excluding hydrogens is 121 g/mol. The predicted octanol–water partition coefficient (Wildman–Crippen LogP) is 0.740. The zero-order valence-electron chi connectivity index (χ0n) is 3.83. The molecule has 0 aliphatic heterocycles. The lowest BCUT2D eigenvalue weighted by Gasteiger charge is -1.94. The minimum atomic E-state index is -2.17. The van der Waals surface area contributed by atoms with Crippen molar-refractivity contribution in [1.82, 2.24) is 0 Å². The highest BCUT2D eigenvalue weighted by Gasteiger charge is 2.07. The molecule has 44 valence electrons. The monoisotopic (exact) mass is 128 g/mol. The lowest BCUT2D eigenvalue weighted by molar-refractivity contribution is 0.510. The second-order valence-corrected chi connectivity index (χ2v) is 3.99. The average Bonchev–Trinajstić information content (AvgIpc) is 1.72. The molecule has 0 rings (SSSR count). The lowest BCUT2D eigenvalue weighted by Crippen LogP contribution is -2.22. The summed E-state index contributed by atoms with van der Waals surface area (Å²) in [7, 11) is -2.17. The van der Waals surface area contributed by atoms with Gasteiger partial charge in [-0.15, -0.1) is 0 Å². The van der Waals surface area contributed by atoms with E-state index in [2.05, 4.69) is 0 Å². The van der Waals surface area contributed by atoms with E-state index in [0.29, 0.717) is 0 Å². The summed E-state index contributed by atoms with van der Waals surface area (Å²) >= 11 is 0. The maximum Gasteiger partial charge on any atom is 0.146 e. The van der Waals surface area contributed by atoms with E-state index in [9.17, 15) is 13.2 Å². The Kier molecular flexibility index (Phi) is 4.18. The molecule has 0 atom stereocenters. The quantitative estimate of drug-likeness (QED) is 0.492. The van der Waals surface area contributed by atoms with E-state index < -0.39 is 27.7 Å². The minimum absolute atomic E-state index is 0.757. The fourth-order valence-corrected chi connectivity index (χ4v) is 0.371. The van der Waals surface area contributed by atoms with Gasteiger partial charge in [0.1, 0.15) is 8.80 Å². The summed E-state index contributed by atoms with van der Waals surface area (Å²) in [6, 6.07) is 0. The summed E-state index contributed by atoms with van der Waals surface area (Å²) in [5.74, 6) is 0. The van der Waals surface area contributed by atoms with Crippen LogP contribution in [0.5, 0.6) is 0 Å². The molecule has 0 saturated carbocycles. The van der Waals surface area contributed by atoms with E-state index in [1.807, 2.05) is 0 Å². The third-order valence-corrected chi connectivity index (χ3v) is 1.96. The third kappa shape index (κ3) is 2.67. The first kappa shape index (κ1) is 7.01. The molecule has 0 N–H and O–H groups in total. The largest absolute Gasteiger partial charge is 0.255 e. The molecule has 0 radical (unpaired) electrons. The van der Waals surface area contributed by atoms with Crippen LogP contribution in [0.2, 0.25) is 0 Å². The second-order valence-electron chi connectivity index (χ2n) is 1.33. The molecule has 0 aromatic heterocycles. The lowest BCUT2D eigenvalue weighted by atomic mass is 11.7. The van der Waals surface area contributed by atoms with Crippen LogP contribution in [0.4, 0.5) is 13.2 Å². The van der Waals surface area contributed by atoms with Crippen molar-refractivity contribution in [2.75, 3.05) is 18.9 Å². The minimum Gasteiger partial charge on any atom is -0.255 e. The number of hydrogen-bond donors (Lipinski definition) is 0. The summed E-state index contributed by atoms with van der Waals surface area (Å²) < 4.78 is 33.7. The van der Waals surface area contributed by atoms with Crippen LogP contribution < -0.4 is 0 Å². The van der Waals surface area contributed by atoms with Crippen LogP contribution in [0.3, 0.4) is 0 Å². The highest BCUT2D eigenvalue weighted by atomic mass is 28.3. The van der Waals surface area contributed by atoms with Crippen molar-refractivity contribution in [3.63, 3.8) is 0 Å². The van der Waals surface area contributed by atoms with Gasteiger partial charge in [0.2, 0.25) is 0 Å². The number of rotatable bonds is 3. The van der Waals surface area contributed by atoms with Gasteiger partial charge in [0.25, 0.3) is 0 Å². The Labute approximate surface area is 41.9 Å². The standard InChI is InChI=1S/C3H7F3Si/c4-1-7(2-5)3-6/h7H,1-3H2. The molecule has 0 spiro atoms. The zero-order chi connectivity index (χ0) is 5.70. The first-order valence-electron chi connectivity index (χ1n) is 2.03. The molecule has 0 amide bonds. The third-order valence-electron chi connectivity index (χ3n) is 0.655. The maximum absolute atomic E-state index is 11.2. The second kappa shape index (κ2) is 4.17. The molecule has 7 heavy (non-hydrogen) atoms. The van der Waals surface area contributed by atoms with E-state index in [1.54, 1.807) is 0 Å². The molecule has 4 heteroatoms. The van der Waals surface area contributed by atoms with Crippen LogP contribution in [0.25, 0.3) is 0 Å². The van der Waals surface area contributed by atoms with E-state index in [-0.39, 0.29) is 0 Å². The Morgan fingerprint density at radius 1 is 0.857 bits per heavy atom. The number of halogens is 3. The number of hydrogen-bond acceptors (Lipinski definition) is 0. The summed E-state index contributed by atoms with van der Waals surface area (Å²) in [4.78, 5) is 0. The fourth-order valence-electron chi connectivity index (χ4n) is 0.124. The van der Waals surface area contributed by atoms with Gasteiger partial charge in [-0.05, 0) is 0 Å². The summed E-state index contributed by atoms with van der Waals surface area (Å²) in [6.45, 7) is 0. The Balaban J connectivity index is 2.99. The highest BCUT2D eigenvalue weighted by Crippen LogP contribution is 1.85. The van der Waals surface area contributed by atoms with E-state index in [1.165, 1.54) is 0 Å². The highest BCUT2D eigenvalue weighted by molar-refractivity contribution is 6.58. The molecule has 0 heterocycles. The van der Waals surface area contributed by atoms with Crippen LogP contribution >= 0.6 is 0 Å². The van der Waals surface area contributed by atoms with Crippen LogP contribution in [0, 0.1) is 0 Å². The molecule has 0 bridgehead atoms. The van der Waals surface area contributed by atoms with Crippen molar-refractivity contribution < 1.29 is 13.2 Å².